The van der Waals surface area contributed by atoms with E-state index in [1.165, 1.54) is 6.07 Å². The smallest absolute Gasteiger partial charge is 0.273 e. The van der Waals surface area contributed by atoms with Gasteiger partial charge in [-0.1, -0.05) is 6.07 Å². The zero-order valence-corrected chi connectivity index (χ0v) is 11.7. The first-order valence-electron chi connectivity index (χ1n) is 5.74. The predicted molar refractivity (Wildman–Crippen MR) is 72.2 cm³/mol. The van der Waals surface area contributed by atoms with Crippen molar-refractivity contribution in [3.05, 3.63) is 68.6 Å². The molecule has 106 valence electrons. The second kappa shape index (κ2) is 4.70. The second-order valence-electron chi connectivity index (χ2n) is 4.36. The molecule has 21 heavy (non-hydrogen) atoms. The highest BCUT2D eigenvalue weighted by atomic mass is 79.9. The highest BCUT2D eigenvalue weighted by Crippen LogP contribution is 2.35. The lowest BCUT2D eigenvalue weighted by Gasteiger charge is -2.04. The van der Waals surface area contributed by atoms with Crippen molar-refractivity contribution < 1.29 is 22.7 Å². The van der Waals surface area contributed by atoms with Gasteiger partial charge in [-0.2, -0.15) is 4.74 Å². The van der Waals surface area contributed by atoms with E-state index in [2.05, 4.69) is 15.9 Å². The lowest BCUT2D eigenvalue weighted by atomic mass is 10.0. The number of carbonyl (C=O) groups is 1. The Morgan fingerprint density at radius 2 is 1.71 bits per heavy atom. The average molecular weight is 356 g/mol. The molecular weight excluding hydrogens is 351 g/mol. The Morgan fingerprint density at radius 3 is 2.29 bits per heavy atom. The summed E-state index contributed by atoms with van der Waals surface area (Å²) in [5.74, 6) is -5.25. The Labute approximate surface area is 125 Å². The third-order valence-corrected chi connectivity index (χ3v) is 3.75. The van der Waals surface area contributed by atoms with E-state index < -0.39 is 28.9 Å². The number of ketones is 1. The molecule has 0 fully saturated rings. The van der Waals surface area contributed by atoms with Gasteiger partial charge in [0.05, 0.1) is 10.0 Å². The highest BCUT2D eigenvalue weighted by molar-refractivity contribution is 9.10. The Balaban J connectivity index is 2.26. The van der Waals surface area contributed by atoms with Crippen molar-refractivity contribution >= 4 is 33.1 Å². The summed E-state index contributed by atoms with van der Waals surface area (Å²) in [6.07, 6.45) is 0. The van der Waals surface area contributed by atoms with Crippen molar-refractivity contribution in [3.8, 4) is 0 Å². The average Bonchev–Trinajstić information content (AvgIpc) is 2.69. The van der Waals surface area contributed by atoms with Crippen LogP contribution >= 0.6 is 15.9 Å². The maximum absolute atomic E-state index is 13.3. The largest absolute Gasteiger partial charge is 0.618 e. The fourth-order valence-electron chi connectivity index (χ4n) is 2.18. The van der Waals surface area contributed by atoms with E-state index in [9.17, 15) is 23.2 Å². The van der Waals surface area contributed by atoms with Crippen LogP contribution in [0.4, 0.5) is 18.9 Å². The number of benzene rings is 2. The molecular formula is C14H5BrF3NO2. The molecule has 0 unspecified atom stereocenters. The summed E-state index contributed by atoms with van der Waals surface area (Å²) in [6, 6.07) is 5.79. The van der Waals surface area contributed by atoms with Gasteiger partial charge < -0.3 is 5.21 Å². The van der Waals surface area contributed by atoms with E-state index in [0.717, 1.165) is 0 Å². The van der Waals surface area contributed by atoms with Gasteiger partial charge in [-0.3, -0.25) is 4.79 Å². The fourth-order valence-corrected chi connectivity index (χ4v) is 2.70. The van der Waals surface area contributed by atoms with Gasteiger partial charge in [-0.15, -0.1) is 0 Å². The molecule has 0 saturated heterocycles. The molecule has 2 aromatic carbocycles. The molecule has 0 aromatic heterocycles. The van der Waals surface area contributed by atoms with Gasteiger partial charge in [-0.25, -0.2) is 13.2 Å². The molecule has 3 rings (SSSR count). The van der Waals surface area contributed by atoms with Crippen LogP contribution in [0.15, 0.2) is 34.8 Å². The Hall–Kier alpha value is -2.15. The lowest BCUT2D eigenvalue weighted by Crippen LogP contribution is -2.17. The molecule has 0 radical (unpaired) electrons. The molecule has 1 aliphatic rings. The summed E-state index contributed by atoms with van der Waals surface area (Å²) < 4.78 is 40.2. The Bertz CT molecular complexity index is 810. The van der Waals surface area contributed by atoms with Gasteiger partial charge in [0.1, 0.15) is 5.56 Å². The normalized spacial score (nSPS) is 13.8. The van der Waals surface area contributed by atoms with E-state index in [-0.39, 0.29) is 21.6 Å². The number of carbonyl (C=O) groups excluding carboxylic acids is 1. The van der Waals surface area contributed by atoms with Gasteiger partial charge in [-0.05, 0) is 40.2 Å². The van der Waals surface area contributed by atoms with Crippen LogP contribution in [0.1, 0.15) is 15.9 Å². The first-order valence-corrected chi connectivity index (χ1v) is 6.53. The molecule has 0 spiro atoms. The summed E-state index contributed by atoms with van der Waals surface area (Å²) in [4.78, 5) is 12.2. The SMILES string of the molecule is O=C1C(c2cc(F)c(F)c(F)c2)=[N+]([O-])c2c(Br)cccc21. The highest BCUT2D eigenvalue weighted by Gasteiger charge is 2.38. The van der Waals surface area contributed by atoms with Crippen molar-refractivity contribution in [1.82, 2.24) is 0 Å². The number of halogens is 4. The van der Waals surface area contributed by atoms with Crippen LogP contribution in [0.3, 0.4) is 0 Å². The molecule has 0 bridgehead atoms. The molecule has 7 heteroatoms. The third-order valence-electron chi connectivity index (χ3n) is 3.11. The number of para-hydroxylation sites is 1. The molecule has 1 aliphatic heterocycles. The van der Waals surface area contributed by atoms with Crippen molar-refractivity contribution in [2.24, 2.45) is 0 Å². The van der Waals surface area contributed by atoms with Crippen molar-refractivity contribution in [2.45, 2.75) is 0 Å². The molecule has 0 amide bonds. The van der Waals surface area contributed by atoms with Gasteiger partial charge in [0.25, 0.3) is 11.5 Å². The van der Waals surface area contributed by atoms with Gasteiger partial charge >= 0.3 is 0 Å². The number of hydrogen-bond donors (Lipinski definition) is 0. The minimum atomic E-state index is -1.65. The monoisotopic (exact) mass is 355 g/mol. The topological polar surface area (TPSA) is 43.1 Å². The third kappa shape index (κ3) is 1.96. The molecule has 0 aliphatic carbocycles. The lowest BCUT2D eigenvalue weighted by molar-refractivity contribution is -0.356. The summed E-state index contributed by atoms with van der Waals surface area (Å²) in [5, 5.41) is 12.2. The van der Waals surface area contributed by atoms with Crippen LogP contribution < -0.4 is 0 Å². The standard InChI is InChI=1S/C14H5BrF3NO2/c15-8-3-1-2-7-13(8)19(21)12(14(7)20)6-4-9(16)11(18)10(17)5-6/h1-5H. The number of hydrogen-bond acceptors (Lipinski definition) is 2. The summed E-state index contributed by atoms with van der Waals surface area (Å²) in [7, 11) is 0. The second-order valence-corrected chi connectivity index (χ2v) is 5.22. The maximum Gasteiger partial charge on any atom is 0.273 e. The summed E-state index contributed by atoms with van der Waals surface area (Å²) in [5.41, 5.74) is -0.591. The molecule has 2 aromatic rings. The fraction of sp³-hybridized carbons (Fsp3) is 0. The number of Topliss-reactive ketones (excluding diaryl/α,β-unsaturated/α-hetero) is 1. The zero-order valence-electron chi connectivity index (χ0n) is 10.2. The molecule has 0 saturated carbocycles. The van der Waals surface area contributed by atoms with Crippen molar-refractivity contribution in [1.29, 1.82) is 0 Å². The van der Waals surface area contributed by atoms with Gasteiger partial charge in [0.2, 0.25) is 5.69 Å². The van der Waals surface area contributed by atoms with Crippen LogP contribution in [0.2, 0.25) is 0 Å². The van der Waals surface area contributed by atoms with E-state index >= 15 is 0 Å². The van der Waals surface area contributed by atoms with E-state index in [0.29, 0.717) is 16.6 Å². The maximum atomic E-state index is 13.3. The van der Waals surface area contributed by atoms with Crippen LogP contribution in [0.25, 0.3) is 0 Å². The predicted octanol–water partition coefficient (Wildman–Crippen LogP) is 3.69. The van der Waals surface area contributed by atoms with E-state index in [1.807, 2.05) is 0 Å². The van der Waals surface area contributed by atoms with Crippen LogP contribution in [0, 0.1) is 22.7 Å². The Kier molecular flexibility index (Phi) is 3.09. The molecule has 1 heterocycles. The van der Waals surface area contributed by atoms with Crippen molar-refractivity contribution in [2.75, 3.05) is 0 Å². The van der Waals surface area contributed by atoms with Crippen LogP contribution in [-0.4, -0.2) is 16.2 Å². The van der Waals surface area contributed by atoms with Gasteiger partial charge in [0, 0.05) is 0 Å². The minimum absolute atomic E-state index is 0.0580. The minimum Gasteiger partial charge on any atom is -0.618 e. The number of nitrogens with zero attached hydrogens (tertiary/aromatic N) is 1. The molecule has 3 nitrogen and oxygen atoms in total. The molecule has 0 N–H and O–H groups in total. The summed E-state index contributed by atoms with van der Waals surface area (Å²) in [6.45, 7) is 0. The van der Waals surface area contributed by atoms with Gasteiger partial charge in [0.15, 0.2) is 17.5 Å². The quantitative estimate of drug-likeness (QED) is 0.444. The number of rotatable bonds is 1. The van der Waals surface area contributed by atoms with Crippen LogP contribution in [-0.2, 0) is 0 Å². The molecule has 0 atom stereocenters. The van der Waals surface area contributed by atoms with Crippen molar-refractivity contribution in [3.63, 3.8) is 0 Å². The first kappa shape index (κ1) is 13.8. The zero-order chi connectivity index (χ0) is 15.3. The Morgan fingerprint density at radius 1 is 1.10 bits per heavy atom. The van der Waals surface area contributed by atoms with E-state index in [1.54, 1.807) is 12.1 Å². The van der Waals surface area contributed by atoms with E-state index in [4.69, 9.17) is 0 Å². The van der Waals surface area contributed by atoms with Crippen LogP contribution in [0.5, 0.6) is 0 Å². The first-order chi connectivity index (χ1) is 9.91. The summed E-state index contributed by atoms with van der Waals surface area (Å²) >= 11 is 3.14. The number of fused-ring (bicyclic) bond motifs is 1.